The minimum Gasteiger partial charge on any atom is -0.368 e. The molecule has 2 aromatic carbocycles. The number of para-hydroxylation sites is 2. The summed E-state index contributed by atoms with van der Waals surface area (Å²) in [5.74, 6) is 0.645. The summed E-state index contributed by atoms with van der Waals surface area (Å²) in [4.78, 5) is 17.4. The van der Waals surface area contributed by atoms with Crippen LogP contribution in [0.2, 0.25) is 0 Å². The van der Waals surface area contributed by atoms with E-state index in [9.17, 15) is 10.1 Å². The third-order valence-corrected chi connectivity index (χ3v) is 5.25. The SMILES string of the molecule is CN=C(NCc1ccccc1[N+](=O)[O-])NC1CCN(c2ccccc2Br)C1.I. The van der Waals surface area contributed by atoms with E-state index in [4.69, 9.17) is 0 Å². The number of nitro groups is 1. The predicted molar refractivity (Wildman–Crippen MR) is 127 cm³/mol. The smallest absolute Gasteiger partial charge is 0.274 e. The molecule has 1 heterocycles. The van der Waals surface area contributed by atoms with Crippen LogP contribution < -0.4 is 15.5 Å². The zero-order chi connectivity index (χ0) is 19.2. The summed E-state index contributed by atoms with van der Waals surface area (Å²) < 4.78 is 1.09. The first-order chi connectivity index (χ1) is 13.1. The highest BCUT2D eigenvalue weighted by Gasteiger charge is 2.24. The monoisotopic (exact) mass is 559 g/mol. The first kappa shape index (κ1) is 22.4. The Bertz CT molecular complexity index is 849. The van der Waals surface area contributed by atoms with Crippen molar-refractivity contribution < 1.29 is 4.92 Å². The average Bonchev–Trinajstić information content (AvgIpc) is 3.14. The van der Waals surface area contributed by atoms with E-state index in [2.05, 4.69) is 42.5 Å². The lowest BCUT2D eigenvalue weighted by atomic mass is 10.2. The third-order valence-electron chi connectivity index (χ3n) is 4.58. The fourth-order valence-corrected chi connectivity index (χ4v) is 3.75. The van der Waals surface area contributed by atoms with Crippen molar-refractivity contribution in [1.82, 2.24) is 10.6 Å². The van der Waals surface area contributed by atoms with E-state index in [1.165, 1.54) is 11.8 Å². The second-order valence-corrected chi connectivity index (χ2v) is 7.19. The van der Waals surface area contributed by atoms with Gasteiger partial charge in [0.2, 0.25) is 0 Å². The molecule has 2 aromatic rings. The van der Waals surface area contributed by atoms with Crippen LogP contribution in [0.4, 0.5) is 11.4 Å². The predicted octanol–water partition coefficient (Wildman–Crippen LogP) is 3.92. The number of aliphatic imine (C=N–C) groups is 1. The zero-order valence-corrected chi connectivity index (χ0v) is 19.4. The molecule has 0 aromatic heterocycles. The van der Waals surface area contributed by atoms with Gasteiger partial charge in [0.1, 0.15) is 0 Å². The van der Waals surface area contributed by atoms with Gasteiger partial charge < -0.3 is 15.5 Å². The second-order valence-electron chi connectivity index (χ2n) is 6.34. The number of hydrogen-bond donors (Lipinski definition) is 2. The number of nitrogens with one attached hydrogen (secondary N) is 2. The maximum Gasteiger partial charge on any atom is 0.274 e. The van der Waals surface area contributed by atoms with Crippen molar-refractivity contribution in [2.24, 2.45) is 4.99 Å². The Morgan fingerprint density at radius 3 is 2.71 bits per heavy atom. The lowest BCUT2D eigenvalue weighted by molar-refractivity contribution is -0.385. The van der Waals surface area contributed by atoms with Crippen LogP contribution in [-0.4, -0.2) is 37.1 Å². The maximum atomic E-state index is 11.1. The molecule has 1 aliphatic rings. The highest BCUT2D eigenvalue weighted by Crippen LogP contribution is 2.28. The number of nitrogens with zero attached hydrogens (tertiary/aromatic N) is 3. The minimum atomic E-state index is -0.361. The Morgan fingerprint density at radius 2 is 2.00 bits per heavy atom. The number of benzene rings is 2. The molecule has 0 aliphatic carbocycles. The van der Waals surface area contributed by atoms with Crippen LogP contribution in [0.25, 0.3) is 0 Å². The van der Waals surface area contributed by atoms with Crippen LogP contribution in [0.15, 0.2) is 58.0 Å². The molecular weight excluding hydrogens is 537 g/mol. The van der Waals surface area contributed by atoms with E-state index in [-0.39, 0.29) is 40.6 Å². The molecule has 0 saturated carbocycles. The van der Waals surface area contributed by atoms with Crippen molar-refractivity contribution in [3.05, 3.63) is 68.7 Å². The number of anilines is 1. The lowest BCUT2D eigenvalue weighted by Crippen LogP contribution is -2.44. The van der Waals surface area contributed by atoms with Crippen LogP contribution in [0.1, 0.15) is 12.0 Å². The molecule has 28 heavy (non-hydrogen) atoms. The first-order valence-corrected chi connectivity index (χ1v) is 9.56. The van der Waals surface area contributed by atoms with Crippen molar-refractivity contribution >= 4 is 57.2 Å². The fourth-order valence-electron chi connectivity index (χ4n) is 3.21. The summed E-state index contributed by atoms with van der Waals surface area (Å²) in [6, 6.07) is 15.2. The molecule has 3 rings (SSSR count). The lowest BCUT2D eigenvalue weighted by Gasteiger charge is -2.21. The highest BCUT2D eigenvalue weighted by molar-refractivity contribution is 14.0. The molecule has 0 amide bonds. The van der Waals surface area contributed by atoms with Gasteiger partial charge in [0, 0.05) is 48.8 Å². The molecule has 1 aliphatic heterocycles. The van der Waals surface area contributed by atoms with Gasteiger partial charge in [0.15, 0.2) is 5.96 Å². The van der Waals surface area contributed by atoms with E-state index >= 15 is 0 Å². The molecule has 1 fully saturated rings. The van der Waals surface area contributed by atoms with E-state index < -0.39 is 0 Å². The number of rotatable bonds is 5. The minimum absolute atomic E-state index is 0. The molecule has 0 bridgehead atoms. The maximum absolute atomic E-state index is 11.1. The Hall–Kier alpha value is -1.88. The van der Waals surface area contributed by atoms with Crippen molar-refractivity contribution in [2.75, 3.05) is 25.0 Å². The number of hydrogen-bond acceptors (Lipinski definition) is 4. The van der Waals surface area contributed by atoms with Gasteiger partial charge in [-0.15, -0.1) is 24.0 Å². The third kappa shape index (κ3) is 5.57. The van der Waals surface area contributed by atoms with Crippen molar-refractivity contribution in [3.8, 4) is 0 Å². The molecule has 9 heteroatoms. The zero-order valence-electron chi connectivity index (χ0n) is 15.5. The van der Waals surface area contributed by atoms with Crippen LogP contribution >= 0.6 is 39.9 Å². The summed E-state index contributed by atoms with van der Waals surface area (Å²) in [6.07, 6.45) is 0.994. The van der Waals surface area contributed by atoms with Crippen LogP contribution in [0.3, 0.4) is 0 Å². The van der Waals surface area contributed by atoms with Gasteiger partial charge in [0.05, 0.1) is 10.6 Å². The Labute approximate surface area is 189 Å². The summed E-state index contributed by atoms with van der Waals surface area (Å²) in [5.41, 5.74) is 1.93. The largest absolute Gasteiger partial charge is 0.368 e. The molecule has 0 spiro atoms. The topological polar surface area (TPSA) is 82.8 Å². The summed E-state index contributed by atoms with van der Waals surface area (Å²) in [5, 5.41) is 17.7. The summed E-state index contributed by atoms with van der Waals surface area (Å²) in [6.45, 7) is 2.17. The van der Waals surface area contributed by atoms with Gasteiger partial charge in [-0.1, -0.05) is 30.3 Å². The average molecular weight is 560 g/mol. The van der Waals surface area contributed by atoms with Gasteiger partial charge in [-0.05, 0) is 34.5 Å². The highest BCUT2D eigenvalue weighted by atomic mass is 127. The normalized spacial score (nSPS) is 16.4. The molecule has 1 saturated heterocycles. The molecule has 1 atom stereocenters. The summed E-state index contributed by atoms with van der Waals surface area (Å²) >= 11 is 3.61. The Balaban J connectivity index is 0.00000280. The molecule has 2 N–H and O–H groups in total. The van der Waals surface area contributed by atoms with Crippen LogP contribution in [0, 0.1) is 10.1 Å². The molecule has 150 valence electrons. The van der Waals surface area contributed by atoms with Crippen LogP contribution in [-0.2, 0) is 6.54 Å². The molecule has 7 nitrogen and oxygen atoms in total. The number of halogens is 2. The van der Waals surface area contributed by atoms with E-state index in [1.807, 2.05) is 18.2 Å². The van der Waals surface area contributed by atoms with Gasteiger partial charge in [-0.3, -0.25) is 15.1 Å². The Morgan fingerprint density at radius 1 is 1.29 bits per heavy atom. The Kier molecular flexibility index (Phi) is 8.49. The number of nitro benzene ring substituents is 1. The van der Waals surface area contributed by atoms with Gasteiger partial charge in [-0.25, -0.2) is 0 Å². The van der Waals surface area contributed by atoms with Gasteiger partial charge in [-0.2, -0.15) is 0 Å². The van der Waals surface area contributed by atoms with E-state index in [0.29, 0.717) is 18.1 Å². The summed E-state index contributed by atoms with van der Waals surface area (Å²) in [7, 11) is 1.70. The van der Waals surface area contributed by atoms with Crippen molar-refractivity contribution in [3.63, 3.8) is 0 Å². The van der Waals surface area contributed by atoms with Gasteiger partial charge >= 0.3 is 0 Å². The van der Waals surface area contributed by atoms with Crippen molar-refractivity contribution in [1.29, 1.82) is 0 Å². The first-order valence-electron chi connectivity index (χ1n) is 8.77. The van der Waals surface area contributed by atoms with Gasteiger partial charge in [0.25, 0.3) is 5.69 Å². The van der Waals surface area contributed by atoms with E-state index in [1.54, 1.807) is 25.2 Å². The molecular formula is C19H23BrIN5O2. The molecule has 1 unspecified atom stereocenters. The van der Waals surface area contributed by atoms with E-state index in [0.717, 1.165) is 24.0 Å². The second kappa shape index (κ2) is 10.6. The number of guanidine groups is 1. The fraction of sp³-hybridized carbons (Fsp3) is 0.316. The molecule has 0 radical (unpaired) electrons. The van der Waals surface area contributed by atoms with Crippen LogP contribution in [0.5, 0.6) is 0 Å². The quantitative estimate of drug-likeness (QED) is 0.191. The van der Waals surface area contributed by atoms with Crippen molar-refractivity contribution in [2.45, 2.75) is 19.0 Å². The standard InChI is InChI=1S/C19H22BrN5O2.HI/c1-21-19(22-12-14-6-2-4-8-17(14)25(26)27)23-15-10-11-24(13-15)18-9-5-3-7-16(18)20;/h2-9,15H,10-13H2,1H3,(H2,21,22,23);1H.